The average Bonchev–Trinajstić information content (AvgIpc) is 2.17. The number of rotatable bonds is 3. The van der Waals surface area contributed by atoms with E-state index in [1.54, 1.807) is 20.8 Å². The van der Waals surface area contributed by atoms with Gasteiger partial charge in [0, 0.05) is 11.6 Å². The SMILES string of the molecule is CC(C)(C)N(C(=O)O)[C@H]1C(=O)N[C@H]1C=CC(N)=O. The van der Waals surface area contributed by atoms with Crippen LogP contribution in [0.15, 0.2) is 12.2 Å². The first-order chi connectivity index (χ1) is 8.14. The predicted octanol–water partition coefficient (Wildman–Crippen LogP) is -0.327. The van der Waals surface area contributed by atoms with E-state index in [4.69, 9.17) is 5.73 Å². The van der Waals surface area contributed by atoms with E-state index >= 15 is 0 Å². The largest absolute Gasteiger partial charge is 0.465 e. The maximum absolute atomic E-state index is 11.5. The van der Waals surface area contributed by atoms with E-state index in [2.05, 4.69) is 5.32 Å². The van der Waals surface area contributed by atoms with Crippen LogP contribution in [0, 0.1) is 0 Å². The molecular weight excluding hydrogens is 238 g/mol. The molecule has 0 aliphatic carbocycles. The van der Waals surface area contributed by atoms with Gasteiger partial charge in [-0.25, -0.2) is 4.79 Å². The van der Waals surface area contributed by atoms with E-state index in [-0.39, 0.29) is 5.91 Å². The third kappa shape index (κ3) is 2.79. The zero-order valence-corrected chi connectivity index (χ0v) is 10.5. The molecule has 18 heavy (non-hydrogen) atoms. The topological polar surface area (TPSA) is 113 Å². The molecule has 0 spiro atoms. The lowest BCUT2D eigenvalue weighted by Crippen LogP contribution is -2.72. The lowest BCUT2D eigenvalue weighted by Gasteiger charge is -2.46. The van der Waals surface area contributed by atoms with E-state index in [9.17, 15) is 19.5 Å². The molecule has 1 rings (SSSR count). The standard InChI is InChI=1S/C11H17N3O4/c1-11(2,3)14(10(17)18)8-6(13-9(8)16)4-5-7(12)15/h4-6,8H,1-3H3,(H2,12,15)(H,13,16)(H,17,18)/t6-,8+/m0/s1. The Kier molecular flexibility index (Phi) is 3.64. The summed E-state index contributed by atoms with van der Waals surface area (Å²) in [6, 6.07) is -1.36. The van der Waals surface area contributed by atoms with Crippen LogP contribution in [0.4, 0.5) is 4.79 Å². The summed E-state index contributed by atoms with van der Waals surface area (Å²) >= 11 is 0. The summed E-state index contributed by atoms with van der Waals surface area (Å²) in [6.45, 7) is 5.09. The molecule has 0 saturated carbocycles. The Bertz CT molecular complexity index is 411. The number of nitrogens with zero attached hydrogens (tertiary/aromatic N) is 1. The molecule has 4 N–H and O–H groups in total. The van der Waals surface area contributed by atoms with Gasteiger partial charge in [0.25, 0.3) is 0 Å². The Hall–Kier alpha value is -2.05. The van der Waals surface area contributed by atoms with Gasteiger partial charge in [-0.2, -0.15) is 0 Å². The summed E-state index contributed by atoms with van der Waals surface area (Å²) in [5.74, 6) is -1.03. The normalized spacial score (nSPS) is 23.4. The average molecular weight is 255 g/mol. The van der Waals surface area contributed by atoms with Crippen molar-refractivity contribution in [3.05, 3.63) is 12.2 Å². The van der Waals surface area contributed by atoms with Crippen molar-refractivity contribution in [1.29, 1.82) is 0 Å². The first-order valence-corrected chi connectivity index (χ1v) is 5.45. The number of nitrogens with one attached hydrogen (secondary N) is 1. The monoisotopic (exact) mass is 255 g/mol. The van der Waals surface area contributed by atoms with Gasteiger partial charge in [-0.15, -0.1) is 0 Å². The van der Waals surface area contributed by atoms with Crippen LogP contribution in [0.5, 0.6) is 0 Å². The highest BCUT2D eigenvalue weighted by atomic mass is 16.4. The summed E-state index contributed by atoms with van der Waals surface area (Å²) in [7, 11) is 0. The van der Waals surface area contributed by atoms with E-state index in [1.807, 2.05) is 0 Å². The highest BCUT2D eigenvalue weighted by Gasteiger charge is 2.48. The van der Waals surface area contributed by atoms with Gasteiger partial charge in [-0.1, -0.05) is 6.08 Å². The van der Waals surface area contributed by atoms with Crippen LogP contribution in [-0.2, 0) is 9.59 Å². The highest BCUT2D eigenvalue weighted by molar-refractivity contribution is 5.94. The Morgan fingerprint density at radius 1 is 1.44 bits per heavy atom. The third-order valence-corrected chi connectivity index (χ3v) is 2.59. The quantitative estimate of drug-likeness (QED) is 0.473. The van der Waals surface area contributed by atoms with Crippen molar-refractivity contribution in [2.75, 3.05) is 0 Å². The van der Waals surface area contributed by atoms with Crippen LogP contribution in [0.25, 0.3) is 0 Å². The van der Waals surface area contributed by atoms with E-state index < -0.39 is 29.6 Å². The van der Waals surface area contributed by atoms with Crippen molar-refractivity contribution in [2.24, 2.45) is 5.73 Å². The number of nitrogens with two attached hydrogens (primary N) is 1. The molecule has 1 fully saturated rings. The number of hydrogen-bond donors (Lipinski definition) is 3. The molecule has 1 aliphatic heterocycles. The number of β-lactam (4-membered cyclic amide) rings is 1. The molecule has 7 heteroatoms. The number of amides is 3. The van der Waals surface area contributed by atoms with Crippen molar-refractivity contribution in [3.8, 4) is 0 Å². The molecule has 100 valence electrons. The number of carboxylic acid groups (broad SMARTS) is 1. The van der Waals surface area contributed by atoms with Gasteiger partial charge >= 0.3 is 6.09 Å². The molecule has 0 aromatic heterocycles. The maximum atomic E-state index is 11.5. The number of hydrogen-bond acceptors (Lipinski definition) is 3. The van der Waals surface area contributed by atoms with Crippen LogP contribution in [0.2, 0.25) is 0 Å². The maximum Gasteiger partial charge on any atom is 0.408 e. The first kappa shape index (κ1) is 14.0. The second-order valence-corrected chi connectivity index (χ2v) is 5.06. The van der Waals surface area contributed by atoms with Crippen LogP contribution in [0.1, 0.15) is 20.8 Å². The van der Waals surface area contributed by atoms with Crippen molar-refractivity contribution in [2.45, 2.75) is 38.4 Å². The fourth-order valence-electron chi connectivity index (χ4n) is 1.85. The fraction of sp³-hybridized carbons (Fsp3) is 0.545. The summed E-state index contributed by atoms with van der Waals surface area (Å²) in [5.41, 5.74) is 4.24. The number of carbonyl (C=O) groups is 3. The molecule has 3 amide bonds. The van der Waals surface area contributed by atoms with Gasteiger partial charge in [0.15, 0.2) is 0 Å². The smallest absolute Gasteiger partial charge is 0.408 e. The van der Waals surface area contributed by atoms with Crippen molar-refractivity contribution in [1.82, 2.24) is 10.2 Å². The van der Waals surface area contributed by atoms with Gasteiger partial charge in [-0.3, -0.25) is 14.5 Å². The summed E-state index contributed by atoms with van der Waals surface area (Å²) < 4.78 is 0. The molecule has 0 radical (unpaired) electrons. The van der Waals surface area contributed by atoms with Gasteiger partial charge in [0.1, 0.15) is 6.04 Å². The first-order valence-electron chi connectivity index (χ1n) is 5.45. The Balaban J connectivity index is 2.93. The zero-order valence-electron chi connectivity index (χ0n) is 10.5. The lowest BCUT2D eigenvalue weighted by molar-refractivity contribution is -0.137. The molecule has 2 atom stereocenters. The fourth-order valence-corrected chi connectivity index (χ4v) is 1.85. The molecule has 0 bridgehead atoms. The summed E-state index contributed by atoms with van der Waals surface area (Å²) in [4.78, 5) is 34.4. The van der Waals surface area contributed by atoms with Gasteiger partial charge in [-0.05, 0) is 20.8 Å². The molecule has 7 nitrogen and oxygen atoms in total. The minimum absolute atomic E-state index is 0.383. The zero-order chi connectivity index (χ0) is 14.1. The van der Waals surface area contributed by atoms with E-state index in [0.717, 1.165) is 11.0 Å². The van der Waals surface area contributed by atoms with E-state index in [1.165, 1.54) is 6.08 Å². The molecule has 0 aromatic carbocycles. The predicted molar refractivity (Wildman–Crippen MR) is 63.7 cm³/mol. The van der Waals surface area contributed by atoms with Gasteiger partial charge in [0.2, 0.25) is 11.8 Å². The Labute approximate surface area is 105 Å². The van der Waals surface area contributed by atoms with Crippen molar-refractivity contribution >= 4 is 17.9 Å². The second-order valence-electron chi connectivity index (χ2n) is 5.06. The molecule has 1 saturated heterocycles. The molecule has 1 heterocycles. The Morgan fingerprint density at radius 3 is 2.33 bits per heavy atom. The minimum atomic E-state index is -1.18. The van der Waals surface area contributed by atoms with Crippen LogP contribution in [0.3, 0.4) is 0 Å². The molecule has 0 unspecified atom stereocenters. The van der Waals surface area contributed by atoms with Crippen LogP contribution in [-0.4, -0.2) is 45.5 Å². The summed E-state index contributed by atoms with van der Waals surface area (Å²) in [6.07, 6.45) is 1.33. The van der Waals surface area contributed by atoms with E-state index in [0.29, 0.717) is 0 Å². The second kappa shape index (κ2) is 4.67. The third-order valence-electron chi connectivity index (χ3n) is 2.59. The molecule has 0 aromatic rings. The molecular formula is C11H17N3O4. The Morgan fingerprint density at radius 2 is 2.00 bits per heavy atom. The lowest BCUT2D eigenvalue weighted by atomic mass is 9.92. The summed E-state index contributed by atoms with van der Waals surface area (Å²) in [5, 5.41) is 11.7. The molecule has 1 aliphatic rings. The van der Waals surface area contributed by atoms with Crippen molar-refractivity contribution < 1.29 is 19.5 Å². The minimum Gasteiger partial charge on any atom is -0.465 e. The number of primary amides is 1. The van der Waals surface area contributed by atoms with Gasteiger partial charge < -0.3 is 16.2 Å². The van der Waals surface area contributed by atoms with Crippen LogP contribution >= 0.6 is 0 Å². The number of carbonyl (C=O) groups excluding carboxylic acids is 2. The highest BCUT2D eigenvalue weighted by Crippen LogP contribution is 2.24. The van der Waals surface area contributed by atoms with Crippen molar-refractivity contribution in [3.63, 3.8) is 0 Å². The van der Waals surface area contributed by atoms with Crippen LogP contribution < -0.4 is 11.1 Å². The van der Waals surface area contributed by atoms with Gasteiger partial charge in [0.05, 0.1) is 6.04 Å².